The van der Waals surface area contributed by atoms with Crippen LogP contribution in [0.4, 0.5) is 0 Å². The van der Waals surface area contributed by atoms with Crippen molar-refractivity contribution in [1.82, 2.24) is 10.3 Å². The molecule has 0 radical (unpaired) electrons. The molecule has 2 aromatic rings. The number of nitrogens with zero attached hydrogens (tertiary/aromatic N) is 1. The van der Waals surface area contributed by atoms with Gasteiger partial charge in [-0.3, -0.25) is 4.79 Å². The van der Waals surface area contributed by atoms with Crippen molar-refractivity contribution < 1.29 is 4.79 Å². The maximum atomic E-state index is 11.9. The molecule has 98 valence electrons. The van der Waals surface area contributed by atoms with Crippen LogP contribution in [0.1, 0.15) is 39.8 Å². The van der Waals surface area contributed by atoms with Crippen molar-refractivity contribution in [1.29, 1.82) is 0 Å². The summed E-state index contributed by atoms with van der Waals surface area (Å²) in [6.45, 7) is 0.477. The standard InChI is InChI=1S/C14H13ClN2OS/c15-11-5-3-9(4-6-11)13(18)16-7-12-8-19-14(17-12)10-1-2-10/h3-6,8,10H,1-2,7H2,(H,16,18). The maximum Gasteiger partial charge on any atom is 0.251 e. The summed E-state index contributed by atoms with van der Waals surface area (Å²) < 4.78 is 0. The van der Waals surface area contributed by atoms with E-state index in [-0.39, 0.29) is 5.91 Å². The van der Waals surface area contributed by atoms with E-state index in [1.165, 1.54) is 17.8 Å². The van der Waals surface area contributed by atoms with Gasteiger partial charge >= 0.3 is 0 Å². The van der Waals surface area contributed by atoms with Crippen LogP contribution in [-0.2, 0) is 6.54 Å². The first-order valence-corrected chi connectivity index (χ1v) is 7.46. The Labute approximate surface area is 120 Å². The Morgan fingerprint density at radius 2 is 2.11 bits per heavy atom. The molecule has 1 aromatic carbocycles. The minimum Gasteiger partial charge on any atom is -0.346 e. The Bertz CT molecular complexity index is 590. The molecule has 1 amide bonds. The summed E-state index contributed by atoms with van der Waals surface area (Å²) >= 11 is 7.48. The summed E-state index contributed by atoms with van der Waals surface area (Å²) in [7, 11) is 0. The van der Waals surface area contributed by atoms with E-state index in [9.17, 15) is 4.79 Å². The van der Waals surface area contributed by atoms with E-state index in [0.717, 1.165) is 5.69 Å². The molecular formula is C14H13ClN2OS. The van der Waals surface area contributed by atoms with Crippen LogP contribution in [0.3, 0.4) is 0 Å². The number of nitrogens with one attached hydrogen (secondary N) is 1. The molecule has 1 aromatic heterocycles. The van der Waals surface area contributed by atoms with Gasteiger partial charge in [0.2, 0.25) is 0 Å². The van der Waals surface area contributed by atoms with Crippen molar-refractivity contribution >= 4 is 28.8 Å². The lowest BCUT2D eigenvalue weighted by molar-refractivity contribution is 0.0950. The summed E-state index contributed by atoms with van der Waals surface area (Å²) in [6, 6.07) is 6.86. The Balaban J connectivity index is 1.58. The Morgan fingerprint density at radius 1 is 1.37 bits per heavy atom. The van der Waals surface area contributed by atoms with E-state index in [4.69, 9.17) is 11.6 Å². The topological polar surface area (TPSA) is 42.0 Å². The minimum absolute atomic E-state index is 0.0994. The van der Waals surface area contributed by atoms with Gasteiger partial charge in [0, 0.05) is 21.9 Å². The lowest BCUT2D eigenvalue weighted by Gasteiger charge is -2.03. The predicted octanol–water partition coefficient (Wildman–Crippen LogP) is 3.60. The highest BCUT2D eigenvalue weighted by atomic mass is 35.5. The molecule has 1 N–H and O–H groups in total. The van der Waals surface area contributed by atoms with E-state index in [2.05, 4.69) is 10.3 Å². The fourth-order valence-electron chi connectivity index (χ4n) is 1.80. The molecule has 3 nitrogen and oxygen atoms in total. The monoisotopic (exact) mass is 292 g/mol. The third-order valence-electron chi connectivity index (χ3n) is 3.03. The molecule has 0 spiro atoms. The fraction of sp³-hybridized carbons (Fsp3) is 0.286. The van der Waals surface area contributed by atoms with E-state index < -0.39 is 0 Å². The zero-order chi connectivity index (χ0) is 13.2. The average Bonchev–Trinajstić information content (AvgIpc) is 3.16. The number of halogens is 1. The van der Waals surface area contributed by atoms with Gasteiger partial charge in [0.15, 0.2) is 0 Å². The van der Waals surface area contributed by atoms with Crippen LogP contribution in [0, 0.1) is 0 Å². The van der Waals surface area contributed by atoms with Gasteiger partial charge in [0.05, 0.1) is 17.2 Å². The molecule has 1 heterocycles. The highest BCUT2D eigenvalue weighted by Crippen LogP contribution is 2.41. The molecule has 1 aliphatic carbocycles. The third kappa shape index (κ3) is 3.14. The van der Waals surface area contributed by atoms with Crippen molar-refractivity contribution in [3.05, 3.63) is 50.9 Å². The van der Waals surface area contributed by atoms with Crippen LogP contribution in [-0.4, -0.2) is 10.9 Å². The average molecular weight is 293 g/mol. The minimum atomic E-state index is -0.0994. The molecule has 1 saturated carbocycles. The van der Waals surface area contributed by atoms with Gasteiger partial charge in [-0.2, -0.15) is 0 Å². The molecule has 5 heteroatoms. The summed E-state index contributed by atoms with van der Waals surface area (Å²) in [4.78, 5) is 16.4. The molecule has 3 rings (SSSR count). The smallest absolute Gasteiger partial charge is 0.251 e. The molecule has 0 unspecified atom stereocenters. The lowest BCUT2D eigenvalue weighted by atomic mass is 10.2. The number of carbonyl (C=O) groups excluding carboxylic acids is 1. The molecule has 19 heavy (non-hydrogen) atoms. The van der Waals surface area contributed by atoms with Gasteiger partial charge in [-0.1, -0.05) is 11.6 Å². The first kappa shape index (κ1) is 12.6. The third-order valence-corrected chi connectivity index (χ3v) is 4.34. The van der Waals surface area contributed by atoms with Crippen LogP contribution in [0.2, 0.25) is 5.02 Å². The number of amides is 1. The molecular weight excluding hydrogens is 280 g/mol. The van der Waals surface area contributed by atoms with Gasteiger partial charge < -0.3 is 5.32 Å². The van der Waals surface area contributed by atoms with E-state index >= 15 is 0 Å². The van der Waals surface area contributed by atoms with E-state index in [1.807, 2.05) is 5.38 Å². The van der Waals surface area contributed by atoms with Crippen molar-refractivity contribution in [3.8, 4) is 0 Å². The van der Waals surface area contributed by atoms with Crippen molar-refractivity contribution in [2.45, 2.75) is 25.3 Å². The van der Waals surface area contributed by atoms with Crippen LogP contribution in [0.25, 0.3) is 0 Å². The van der Waals surface area contributed by atoms with Crippen molar-refractivity contribution in [2.24, 2.45) is 0 Å². The van der Waals surface area contributed by atoms with E-state index in [1.54, 1.807) is 35.6 Å². The number of aromatic nitrogens is 1. The summed E-state index contributed by atoms with van der Waals surface area (Å²) in [5.74, 6) is 0.573. The first-order valence-electron chi connectivity index (χ1n) is 6.20. The zero-order valence-electron chi connectivity index (χ0n) is 10.2. The SMILES string of the molecule is O=C(NCc1csc(C2CC2)n1)c1ccc(Cl)cc1. The van der Waals surface area contributed by atoms with Gasteiger partial charge in [-0.05, 0) is 37.1 Å². The van der Waals surface area contributed by atoms with E-state index in [0.29, 0.717) is 23.0 Å². The van der Waals surface area contributed by atoms with Gasteiger partial charge in [0.1, 0.15) is 0 Å². The van der Waals surface area contributed by atoms with Gasteiger partial charge in [-0.25, -0.2) is 4.98 Å². The van der Waals surface area contributed by atoms with Crippen molar-refractivity contribution in [3.63, 3.8) is 0 Å². The van der Waals surface area contributed by atoms with Gasteiger partial charge in [-0.15, -0.1) is 11.3 Å². The number of benzene rings is 1. The number of rotatable bonds is 4. The van der Waals surface area contributed by atoms with Crippen LogP contribution < -0.4 is 5.32 Å². The summed E-state index contributed by atoms with van der Waals surface area (Å²) in [6.07, 6.45) is 2.51. The quantitative estimate of drug-likeness (QED) is 0.935. The second kappa shape index (κ2) is 5.31. The predicted molar refractivity (Wildman–Crippen MR) is 76.7 cm³/mol. The molecule has 1 aliphatic rings. The highest BCUT2D eigenvalue weighted by molar-refractivity contribution is 7.09. The van der Waals surface area contributed by atoms with Crippen LogP contribution in [0.5, 0.6) is 0 Å². The lowest BCUT2D eigenvalue weighted by Crippen LogP contribution is -2.22. The molecule has 0 atom stereocenters. The second-order valence-electron chi connectivity index (χ2n) is 4.64. The Hall–Kier alpha value is -1.39. The molecule has 0 aliphatic heterocycles. The first-order chi connectivity index (χ1) is 9.22. The summed E-state index contributed by atoms with van der Waals surface area (Å²) in [5.41, 5.74) is 1.55. The maximum absolute atomic E-state index is 11.9. The van der Waals surface area contributed by atoms with Crippen molar-refractivity contribution in [2.75, 3.05) is 0 Å². The number of carbonyl (C=O) groups is 1. The normalized spacial score (nSPS) is 14.4. The zero-order valence-corrected chi connectivity index (χ0v) is 11.8. The number of hydrogen-bond acceptors (Lipinski definition) is 3. The van der Waals surface area contributed by atoms with Crippen LogP contribution in [0.15, 0.2) is 29.6 Å². The fourth-order valence-corrected chi connectivity index (χ4v) is 2.91. The van der Waals surface area contributed by atoms with Gasteiger partial charge in [0.25, 0.3) is 5.91 Å². The number of hydrogen-bond donors (Lipinski definition) is 1. The highest BCUT2D eigenvalue weighted by Gasteiger charge is 2.26. The second-order valence-corrected chi connectivity index (χ2v) is 5.97. The molecule has 0 bridgehead atoms. The Kier molecular flexibility index (Phi) is 3.53. The largest absolute Gasteiger partial charge is 0.346 e. The van der Waals surface area contributed by atoms with Crippen LogP contribution >= 0.6 is 22.9 Å². The Morgan fingerprint density at radius 3 is 2.79 bits per heavy atom. The summed E-state index contributed by atoms with van der Waals surface area (Å²) in [5, 5.41) is 6.73. The number of thiazole rings is 1. The molecule has 1 fully saturated rings. The molecule has 0 saturated heterocycles.